The van der Waals surface area contributed by atoms with E-state index in [1.165, 1.54) is 0 Å². The summed E-state index contributed by atoms with van der Waals surface area (Å²) >= 11 is 0. The number of carboxylic acid groups (broad SMARTS) is 1. The van der Waals surface area contributed by atoms with Crippen molar-refractivity contribution < 1.29 is 14.7 Å². The minimum atomic E-state index is -0.750. The Kier molecular flexibility index (Phi) is 4.32. The molecule has 2 N–H and O–H groups in total. The van der Waals surface area contributed by atoms with Crippen LogP contribution in [-0.2, 0) is 4.79 Å². The number of rotatable bonds is 4. The monoisotopic (exact) mass is 302 g/mol. The van der Waals surface area contributed by atoms with Gasteiger partial charge in [-0.2, -0.15) is 0 Å². The molecule has 2 amide bonds. The molecule has 1 aromatic carbocycles. The molecule has 1 aliphatic carbocycles. The second-order valence-corrected chi connectivity index (χ2v) is 6.27. The van der Waals surface area contributed by atoms with E-state index < -0.39 is 5.97 Å². The summed E-state index contributed by atoms with van der Waals surface area (Å²) in [6.07, 6.45) is 3.40. The number of carbonyl (C=O) groups is 2. The summed E-state index contributed by atoms with van der Waals surface area (Å²) in [4.78, 5) is 25.2. The Balaban J connectivity index is 1.59. The molecule has 118 valence electrons. The molecule has 0 radical (unpaired) electrons. The Bertz CT molecular complexity index is 534. The van der Waals surface area contributed by atoms with Gasteiger partial charge in [0.05, 0.1) is 12.0 Å². The Morgan fingerprint density at radius 1 is 1.09 bits per heavy atom. The summed E-state index contributed by atoms with van der Waals surface area (Å²) in [6.45, 7) is 1.05. The van der Waals surface area contributed by atoms with Crippen LogP contribution in [0, 0.1) is 11.8 Å². The molecule has 2 fully saturated rings. The predicted octanol–water partition coefficient (Wildman–Crippen LogP) is 2.64. The first-order valence-electron chi connectivity index (χ1n) is 7.98. The number of nitrogens with zero attached hydrogens (tertiary/aromatic N) is 1. The van der Waals surface area contributed by atoms with E-state index in [0.29, 0.717) is 31.8 Å². The third-order valence-electron chi connectivity index (χ3n) is 4.66. The second-order valence-electron chi connectivity index (χ2n) is 6.27. The van der Waals surface area contributed by atoms with Gasteiger partial charge in [-0.15, -0.1) is 0 Å². The molecule has 0 aromatic heterocycles. The molecule has 1 saturated heterocycles. The zero-order valence-electron chi connectivity index (χ0n) is 12.6. The van der Waals surface area contributed by atoms with Crippen molar-refractivity contribution >= 4 is 12.0 Å². The van der Waals surface area contributed by atoms with Gasteiger partial charge in [-0.05, 0) is 37.2 Å². The Labute approximate surface area is 130 Å². The van der Waals surface area contributed by atoms with Crippen LogP contribution in [0.5, 0.6) is 0 Å². The van der Waals surface area contributed by atoms with Crippen LogP contribution in [0.25, 0.3) is 0 Å². The summed E-state index contributed by atoms with van der Waals surface area (Å²) in [5, 5.41) is 12.2. The van der Waals surface area contributed by atoms with Crippen LogP contribution in [0.1, 0.15) is 37.3 Å². The minimum Gasteiger partial charge on any atom is -0.481 e. The van der Waals surface area contributed by atoms with Crippen molar-refractivity contribution in [1.82, 2.24) is 10.2 Å². The van der Waals surface area contributed by atoms with Crippen LogP contribution in [-0.4, -0.2) is 35.1 Å². The van der Waals surface area contributed by atoms with Gasteiger partial charge < -0.3 is 15.3 Å². The van der Waals surface area contributed by atoms with E-state index in [4.69, 9.17) is 5.11 Å². The SMILES string of the molecule is O=C(O)C1CCN(C(=O)NC(c2ccccc2)C2CC2)CC1. The maximum atomic E-state index is 12.5. The standard InChI is InChI=1S/C17H22N2O3/c20-16(21)14-8-10-19(11-9-14)17(22)18-15(13-6-7-13)12-4-2-1-3-5-12/h1-5,13-15H,6-11H2,(H,18,22)(H,20,21). The van der Waals surface area contributed by atoms with Gasteiger partial charge in [0, 0.05) is 13.1 Å². The summed E-state index contributed by atoms with van der Waals surface area (Å²) in [5.41, 5.74) is 1.15. The fourth-order valence-electron chi connectivity index (χ4n) is 3.12. The van der Waals surface area contributed by atoms with Crippen LogP contribution >= 0.6 is 0 Å². The summed E-state index contributed by atoms with van der Waals surface area (Å²) in [5.74, 6) is -0.527. The number of hydrogen-bond donors (Lipinski definition) is 2. The lowest BCUT2D eigenvalue weighted by Crippen LogP contribution is -2.46. The van der Waals surface area contributed by atoms with E-state index in [1.807, 2.05) is 18.2 Å². The molecule has 5 nitrogen and oxygen atoms in total. The maximum Gasteiger partial charge on any atom is 0.317 e. The summed E-state index contributed by atoms with van der Waals surface area (Å²) in [7, 11) is 0. The number of urea groups is 1. The number of piperidine rings is 1. The number of benzene rings is 1. The Morgan fingerprint density at radius 2 is 1.73 bits per heavy atom. The largest absolute Gasteiger partial charge is 0.481 e. The van der Waals surface area contributed by atoms with Gasteiger partial charge in [-0.25, -0.2) is 4.79 Å². The first-order chi connectivity index (χ1) is 10.6. The molecule has 1 aromatic rings. The molecule has 22 heavy (non-hydrogen) atoms. The molecule has 5 heteroatoms. The fraction of sp³-hybridized carbons (Fsp3) is 0.529. The van der Waals surface area contributed by atoms with Crippen molar-refractivity contribution in [1.29, 1.82) is 0 Å². The zero-order valence-corrected chi connectivity index (χ0v) is 12.6. The predicted molar refractivity (Wildman–Crippen MR) is 82.4 cm³/mol. The van der Waals surface area contributed by atoms with Crippen molar-refractivity contribution in [2.75, 3.05) is 13.1 Å². The van der Waals surface area contributed by atoms with Gasteiger partial charge in [-0.1, -0.05) is 30.3 Å². The Hall–Kier alpha value is -2.04. The molecular weight excluding hydrogens is 280 g/mol. The van der Waals surface area contributed by atoms with E-state index in [1.54, 1.807) is 4.90 Å². The lowest BCUT2D eigenvalue weighted by Gasteiger charge is -2.32. The molecule has 1 atom stereocenters. The quantitative estimate of drug-likeness (QED) is 0.898. The third kappa shape index (κ3) is 3.40. The lowest BCUT2D eigenvalue weighted by atomic mass is 9.97. The fourth-order valence-corrected chi connectivity index (χ4v) is 3.12. The van der Waals surface area contributed by atoms with Crippen molar-refractivity contribution in [3.63, 3.8) is 0 Å². The third-order valence-corrected chi connectivity index (χ3v) is 4.66. The molecule has 0 spiro atoms. The van der Waals surface area contributed by atoms with Gasteiger partial charge in [0.15, 0.2) is 0 Å². The molecule has 1 aliphatic heterocycles. The lowest BCUT2D eigenvalue weighted by molar-refractivity contribution is -0.143. The van der Waals surface area contributed by atoms with Crippen LogP contribution in [0.3, 0.4) is 0 Å². The van der Waals surface area contributed by atoms with Gasteiger partial charge in [0.2, 0.25) is 0 Å². The maximum absolute atomic E-state index is 12.5. The first-order valence-corrected chi connectivity index (χ1v) is 7.98. The molecule has 1 saturated carbocycles. The highest BCUT2D eigenvalue weighted by atomic mass is 16.4. The van der Waals surface area contributed by atoms with E-state index >= 15 is 0 Å². The molecule has 2 aliphatic rings. The number of nitrogens with one attached hydrogen (secondary N) is 1. The van der Waals surface area contributed by atoms with E-state index in [2.05, 4.69) is 17.4 Å². The van der Waals surface area contributed by atoms with Gasteiger partial charge in [-0.3, -0.25) is 4.79 Å². The number of aliphatic carboxylic acids is 1. The molecule has 0 bridgehead atoms. The van der Waals surface area contributed by atoms with Crippen molar-refractivity contribution in [2.45, 2.75) is 31.7 Å². The van der Waals surface area contributed by atoms with Crippen LogP contribution in [0.15, 0.2) is 30.3 Å². The summed E-state index contributed by atoms with van der Waals surface area (Å²) < 4.78 is 0. The molecule has 1 heterocycles. The van der Waals surface area contributed by atoms with Crippen LogP contribution < -0.4 is 5.32 Å². The molecule has 1 unspecified atom stereocenters. The summed E-state index contributed by atoms with van der Waals surface area (Å²) in [6, 6.07) is 10.1. The number of amides is 2. The second kappa shape index (κ2) is 6.38. The highest BCUT2D eigenvalue weighted by molar-refractivity contribution is 5.76. The number of hydrogen-bond acceptors (Lipinski definition) is 2. The normalized spacial score (nSPS) is 20.5. The highest BCUT2D eigenvalue weighted by Crippen LogP contribution is 2.41. The van der Waals surface area contributed by atoms with Crippen molar-refractivity contribution in [2.24, 2.45) is 11.8 Å². The highest BCUT2D eigenvalue weighted by Gasteiger charge is 2.35. The topological polar surface area (TPSA) is 69.6 Å². The van der Waals surface area contributed by atoms with Crippen LogP contribution in [0.4, 0.5) is 4.79 Å². The van der Waals surface area contributed by atoms with E-state index in [9.17, 15) is 9.59 Å². The first kappa shape index (κ1) is 14.9. The number of likely N-dealkylation sites (tertiary alicyclic amines) is 1. The average molecular weight is 302 g/mol. The van der Waals surface area contributed by atoms with Crippen LogP contribution in [0.2, 0.25) is 0 Å². The molecule has 3 rings (SSSR count). The van der Waals surface area contributed by atoms with Gasteiger partial charge >= 0.3 is 12.0 Å². The average Bonchev–Trinajstić information content (AvgIpc) is 3.38. The van der Waals surface area contributed by atoms with E-state index in [-0.39, 0.29) is 18.0 Å². The van der Waals surface area contributed by atoms with Gasteiger partial charge in [0.25, 0.3) is 0 Å². The Morgan fingerprint density at radius 3 is 2.27 bits per heavy atom. The number of carboxylic acids is 1. The smallest absolute Gasteiger partial charge is 0.317 e. The van der Waals surface area contributed by atoms with Crippen molar-refractivity contribution in [3.8, 4) is 0 Å². The molecular formula is C17H22N2O3. The van der Waals surface area contributed by atoms with Crippen molar-refractivity contribution in [3.05, 3.63) is 35.9 Å². The van der Waals surface area contributed by atoms with Gasteiger partial charge in [0.1, 0.15) is 0 Å². The zero-order chi connectivity index (χ0) is 15.5. The minimum absolute atomic E-state index is 0.0652. The number of carbonyl (C=O) groups excluding carboxylic acids is 1. The van der Waals surface area contributed by atoms with E-state index in [0.717, 1.165) is 18.4 Å².